The molecule has 0 unspecified atom stereocenters. The van der Waals surface area contributed by atoms with E-state index in [1.807, 2.05) is 0 Å². The summed E-state index contributed by atoms with van der Waals surface area (Å²) < 4.78 is 0. The van der Waals surface area contributed by atoms with Crippen molar-refractivity contribution in [2.24, 2.45) is 0 Å². The van der Waals surface area contributed by atoms with Crippen LogP contribution in [0.15, 0.2) is 36.4 Å². The second-order valence-corrected chi connectivity index (χ2v) is 20.6. The molecule has 4 aliphatic rings. The Balaban J connectivity index is 0.000000234. The van der Waals surface area contributed by atoms with E-state index >= 15 is 0 Å². The van der Waals surface area contributed by atoms with Crippen molar-refractivity contribution in [1.29, 1.82) is 0 Å². The zero-order valence-electron chi connectivity index (χ0n) is 32.8. The van der Waals surface area contributed by atoms with Crippen LogP contribution in [0.4, 0.5) is 11.4 Å². The Morgan fingerprint density at radius 2 is 0.735 bits per heavy atom. The summed E-state index contributed by atoms with van der Waals surface area (Å²) in [5.41, 5.74) is 12.3. The first-order valence-electron chi connectivity index (χ1n) is 20.7. The molecule has 1 aliphatic heterocycles. The van der Waals surface area contributed by atoms with Crippen molar-refractivity contribution in [3.63, 3.8) is 0 Å². The summed E-state index contributed by atoms with van der Waals surface area (Å²) in [5, 5.41) is 0. The zero-order chi connectivity index (χ0) is 34.2. The number of nitrogens with zero attached hydrogens (tertiary/aromatic N) is 2. The van der Waals surface area contributed by atoms with E-state index < -0.39 is 0 Å². The van der Waals surface area contributed by atoms with Gasteiger partial charge in [0.1, 0.15) is 0 Å². The third-order valence-electron chi connectivity index (χ3n) is 12.3. The maximum Gasteiger partial charge on any atom is 0.0680 e. The third-order valence-corrected chi connectivity index (χ3v) is 16.9. The molecule has 0 amide bonds. The zero-order valence-corrected chi connectivity index (χ0v) is 35.4. The van der Waals surface area contributed by atoms with Crippen LogP contribution in [0.5, 0.6) is 0 Å². The average molecular weight is 779 g/mol. The molecule has 0 bridgehead atoms. The van der Waals surface area contributed by atoms with Gasteiger partial charge in [-0.2, -0.15) is 6.67 Å². The molecule has 3 aliphatic carbocycles. The molecule has 0 N–H and O–H groups in total. The van der Waals surface area contributed by atoms with Gasteiger partial charge in [-0.25, -0.2) is 0 Å². The minimum absolute atomic E-state index is 0. The molecule has 4 heteroatoms. The summed E-state index contributed by atoms with van der Waals surface area (Å²) in [4.78, 5) is 5.01. The molecular formula is C45H73N2PPd. The Morgan fingerprint density at radius 1 is 0.469 bits per heavy atom. The summed E-state index contributed by atoms with van der Waals surface area (Å²) in [6, 6.07) is 13.7. The minimum atomic E-state index is -0.0465. The summed E-state index contributed by atoms with van der Waals surface area (Å²) in [7, 11) is -0.0465. The Morgan fingerprint density at radius 3 is 0.980 bits per heavy atom. The van der Waals surface area contributed by atoms with Crippen LogP contribution in [0, 0.1) is 6.67 Å². The Hall–Kier alpha value is -0.868. The van der Waals surface area contributed by atoms with E-state index in [4.69, 9.17) is 0 Å². The number of anilines is 2. The van der Waals surface area contributed by atoms with Gasteiger partial charge in [-0.05, 0) is 123 Å². The van der Waals surface area contributed by atoms with Gasteiger partial charge < -0.3 is 9.80 Å². The molecule has 2 nitrogen and oxygen atoms in total. The monoisotopic (exact) mass is 778 g/mol. The van der Waals surface area contributed by atoms with Gasteiger partial charge in [0.2, 0.25) is 0 Å². The summed E-state index contributed by atoms with van der Waals surface area (Å²) in [5.74, 6) is 2.06. The van der Waals surface area contributed by atoms with Crippen molar-refractivity contribution in [2.45, 2.75) is 192 Å². The molecule has 0 atom stereocenters. The number of benzene rings is 2. The van der Waals surface area contributed by atoms with Gasteiger partial charge in [0.15, 0.2) is 0 Å². The van der Waals surface area contributed by atoms with Crippen LogP contribution < -0.4 is 9.80 Å². The normalized spacial score (nSPS) is 20.0. The van der Waals surface area contributed by atoms with Crippen LogP contribution in [0.3, 0.4) is 0 Å². The van der Waals surface area contributed by atoms with Crippen molar-refractivity contribution < 1.29 is 20.4 Å². The van der Waals surface area contributed by atoms with Crippen LogP contribution in [0.2, 0.25) is 0 Å². The smallest absolute Gasteiger partial charge is 0.0680 e. The van der Waals surface area contributed by atoms with Crippen molar-refractivity contribution in [3.8, 4) is 0 Å². The van der Waals surface area contributed by atoms with Gasteiger partial charge >= 0.3 is 0 Å². The van der Waals surface area contributed by atoms with Crippen LogP contribution in [0.25, 0.3) is 0 Å². The van der Waals surface area contributed by atoms with E-state index in [1.165, 1.54) is 50.6 Å². The van der Waals surface area contributed by atoms with E-state index in [9.17, 15) is 0 Å². The fourth-order valence-corrected chi connectivity index (χ4v) is 15.1. The maximum absolute atomic E-state index is 2.51. The fourth-order valence-electron chi connectivity index (χ4n) is 9.83. The molecular weight excluding hydrogens is 706 g/mol. The number of rotatable bonds is 9. The van der Waals surface area contributed by atoms with E-state index in [-0.39, 0.29) is 28.3 Å². The van der Waals surface area contributed by atoms with Crippen LogP contribution >= 0.6 is 7.92 Å². The first kappa shape index (κ1) is 40.9. The van der Waals surface area contributed by atoms with Crippen LogP contribution in [-0.4, -0.2) is 30.1 Å². The molecule has 6 rings (SSSR count). The number of para-hydroxylation sites is 2. The molecule has 3 saturated carbocycles. The van der Waals surface area contributed by atoms with Crippen molar-refractivity contribution in [1.82, 2.24) is 0 Å². The Kier molecular flexibility index (Phi) is 16.5. The van der Waals surface area contributed by atoms with E-state index in [0.29, 0.717) is 23.7 Å². The van der Waals surface area contributed by atoms with E-state index in [2.05, 4.69) is 108 Å². The molecule has 0 radical (unpaired) electrons. The molecule has 49 heavy (non-hydrogen) atoms. The second kappa shape index (κ2) is 19.8. The van der Waals surface area contributed by atoms with Gasteiger partial charge in [0, 0.05) is 52.8 Å². The summed E-state index contributed by atoms with van der Waals surface area (Å²) >= 11 is 0. The largest absolute Gasteiger partial charge is 0.502 e. The van der Waals surface area contributed by atoms with Crippen molar-refractivity contribution in [2.75, 3.05) is 22.9 Å². The number of hydrogen-bond acceptors (Lipinski definition) is 2. The summed E-state index contributed by atoms with van der Waals surface area (Å²) in [6.07, 6.45) is 23.8. The molecule has 2 aromatic carbocycles. The SMILES string of the molecule is C1CCC([PH+](C2CCCCC2)C2CCCCC2)CC1.CC(C)c1cccc(C(C)C)c1N1[CH-]N(c2c(C(C)C)cccc2C(C)C)CC1.[Pd]. The number of hydrogen-bond donors (Lipinski definition) is 0. The van der Waals surface area contributed by atoms with Crippen molar-refractivity contribution in [3.05, 3.63) is 65.3 Å². The van der Waals surface area contributed by atoms with Gasteiger partial charge in [-0.1, -0.05) is 111 Å². The first-order valence-corrected chi connectivity index (χ1v) is 22.4. The molecule has 278 valence electrons. The molecule has 4 fully saturated rings. The predicted molar refractivity (Wildman–Crippen MR) is 217 cm³/mol. The van der Waals surface area contributed by atoms with Gasteiger partial charge in [-0.15, -0.1) is 0 Å². The quantitative estimate of drug-likeness (QED) is 0.142. The third kappa shape index (κ3) is 10.4. The Bertz CT molecular complexity index is 1090. The topological polar surface area (TPSA) is 6.48 Å². The van der Waals surface area contributed by atoms with E-state index in [0.717, 1.165) is 13.1 Å². The first-order chi connectivity index (χ1) is 23.2. The van der Waals surface area contributed by atoms with Gasteiger partial charge in [0.25, 0.3) is 0 Å². The van der Waals surface area contributed by atoms with Crippen LogP contribution in [0.1, 0.15) is 198 Å². The van der Waals surface area contributed by atoms with Gasteiger partial charge in [0.05, 0.1) is 17.0 Å². The predicted octanol–water partition coefficient (Wildman–Crippen LogP) is 13.8. The molecule has 1 heterocycles. The van der Waals surface area contributed by atoms with Crippen molar-refractivity contribution >= 4 is 19.3 Å². The molecule has 0 spiro atoms. The fraction of sp³-hybridized carbons (Fsp3) is 0.711. The minimum Gasteiger partial charge on any atom is -0.502 e. The summed E-state index contributed by atoms with van der Waals surface area (Å²) in [6.45, 7) is 22.9. The van der Waals surface area contributed by atoms with E-state index in [1.54, 1.807) is 96.3 Å². The standard InChI is InChI=1S/C27H39N2.C18H33P.Pd/c1-18(2)22-11-9-12-23(19(3)4)26(22)28-15-16-29(17-28)27-24(20(5)6)13-10-14-25(27)21(7)8;1-4-10-16(11-5-1)19(17-12-6-2-7-13-17)18-14-8-3-9-15-18;/h9-14,17-21H,15-16H2,1-8H3;16-18H,1-15H2;/q-1;;/p+1. The molecule has 2 aromatic rings. The average Bonchev–Trinajstić information content (AvgIpc) is 3.59. The molecule has 0 aromatic heterocycles. The molecule has 1 saturated heterocycles. The van der Waals surface area contributed by atoms with Crippen LogP contribution in [-0.2, 0) is 20.4 Å². The maximum atomic E-state index is 2.51. The Labute approximate surface area is 318 Å². The second-order valence-electron chi connectivity index (χ2n) is 17.2. The van der Waals surface area contributed by atoms with Gasteiger partial charge in [-0.3, -0.25) is 0 Å².